The molecule has 0 aromatic carbocycles. The Balaban J connectivity index is 3.31. The third-order valence-corrected chi connectivity index (χ3v) is 1.42. The van der Waals surface area contributed by atoms with Crippen LogP contribution in [-0.2, 0) is 0 Å². The van der Waals surface area contributed by atoms with Gasteiger partial charge in [-0.1, -0.05) is 0 Å². The molecule has 0 bridgehead atoms. The highest BCUT2D eigenvalue weighted by Crippen LogP contribution is 2.27. The molecule has 5 nitrogen and oxygen atoms in total. The summed E-state index contributed by atoms with van der Waals surface area (Å²) in [5.41, 5.74) is 3.39. The summed E-state index contributed by atoms with van der Waals surface area (Å²) in [6.45, 7) is 0. The highest BCUT2D eigenvalue weighted by Gasteiger charge is 2.24. The van der Waals surface area contributed by atoms with Gasteiger partial charge in [-0.15, -0.1) is 0 Å². The van der Waals surface area contributed by atoms with Crippen LogP contribution >= 0.6 is 0 Å². The largest absolute Gasteiger partial charge is 0.392 e. The van der Waals surface area contributed by atoms with E-state index in [9.17, 15) is 23.3 Å². The van der Waals surface area contributed by atoms with E-state index in [0.29, 0.717) is 6.07 Å². The smallest absolute Gasteiger partial charge is 0.389 e. The summed E-state index contributed by atoms with van der Waals surface area (Å²) >= 11 is 0. The monoisotopic (exact) mass is 207 g/mol. The van der Waals surface area contributed by atoms with Gasteiger partial charge in [0.1, 0.15) is 11.3 Å². The Morgan fingerprint density at radius 1 is 1.57 bits per heavy atom. The molecule has 1 heterocycles. The van der Waals surface area contributed by atoms with Gasteiger partial charge in [-0.2, -0.15) is 4.39 Å². The molecule has 1 aromatic heterocycles. The number of nitro groups is 1. The average molecular weight is 207 g/mol. The van der Waals surface area contributed by atoms with Gasteiger partial charge >= 0.3 is 11.8 Å². The number of nitrogens with zero attached hydrogens (tertiary/aromatic N) is 2. The second-order valence-electron chi connectivity index (χ2n) is 2.34. The van der Waals surface area contributed by atoms with Crippen molar-refractivity contribution in [3.8, 4) is 0 Å². The van der Waals surface area contributed by atoms with Gasteiger partial charge in [0, 0.05) is 0 Å². The minimum Gasteiger partial charge on any atom is -0.392 e. The van der Waals surface area contributed by atoms with Gasteiger partial charge in [-0.05, 0) is 16.0 Å². The van der Waals surface area contributed by atoms with E-state index in [2.05, 4.69) is 4.98 Å². The van der Waals surface area contributed by atoms with E-state index in [0.717, 1.165) is 0 Å². The summed E-state index contributed by atoms with van der Waals surface area (Å²) in [4.78, 5) is 11.8. The minimum absolute atomic E-state index is 0.505. The van der Waals surface area contributed by atoms with Crippen molar-refractivity contribution in [2.75, 3.05) is 5.73 Å². The quantitative estimate of drug-likeness (QED) is 0.454. The number of alkyl halides is 2. The van der Waals surface area contributed by atoms with Crippen LogP contribution in [0.15, 0.2) is 6.07 Å². The lowest BCUT2D eigenvalue weighted by atomic mass is 10.2. The lowest BCUT2D eigenvalue weighted by molar-refractivity contribution is -0.388. The molecule has 0 aliphatic rings. The first-order chi connectivity index (χ1) is 6.43. The average Bonchev–Trinajstić information content (AvgIpc) is 2.07. The minimum atomic E-state index is -3.11. The van der Waals surface area contributed by atoms with Crippen molar-refractivity contribution in [3.63, 3.8) is 0 Å². The van der Waals surface area contributed by atoms with Crippen LogP contribution in [0.2, 0.25) is 0 Å². The van der Waals surface area contributed by atoms with Crippen molar-refractivity contribution < 1.29 is 18.1 Å². The van der Waals surface area contributed by atoms with Crippen molar-refractivity contribution in [2.45, 2.75) is 6.43 Å². The van der Waals surface area contributed by atoms with E-state index < -0.39 is 34.4 Å². The first-order valence-electron chi connectivity index (χ1n) is 3.32. The van der Waals surface area contributed by atoms with Crippen molar-refractivity contribution in [1.29, 1.82) is 0 Å². The molecule has 8 heteroatoms. The molecule has 0 spiro atoms. The Morgan fingerprint density at radius 2 is 2.14 bits per heavy atom. The first kappa shape index (κ1) is 10.2. The van der Waals surface area contributed by atoms with Crippen molar-refractivity contribution in [2.24, 2.45) is 0 Å². The molecule has 76 valence electrons. The van der Waals surface area contributed by atoms with E-state index in [-0.39, 0.29) is 0 Å². The topological polar surface area (TPSA) is 82.0 Å². The third kappa shape index (κ3) is 1.73. The molecule has 0 saturated carbocycles. The van der Waals surface area contributed by atoms with Gasteiger partial charge in [0.2, 0.25) is 0 Å². The Labute approximate surface area is 75.5 Å². The van der Waals surface area contributed by atoms with Gasteiger partial charge in [0.05, 0.1) is 0 Å². The predicted molar refractivity (Wildman–Crippen MR) is 40.2 cm³/mol. The Bertz CT molecular complexity index is 383. The first-order valence-corrected chi connectivity index (χ1v) is 3.32. The van der Waals surface area contributed by atoms with E-state index in [1.807, 2.05) is 0 Å². The molecule has 2 N–H and O–H groups in total. The number of rotatable bonds is 2. The summed E-state index contributed by atoms with van der Waals surface area (Å²) < 4.78 is 36.8. The van der Waals surface area contributed by atoms with Crippen LogP contribution in [0.1, 0.15) is 12.0 Å². The zero-order chi connectivity index (χ0) is 10.9. The van der Waals surface area contributed by atoms with Crippen LogP contribution in [0.5, 0.6) is 0 Å². The number of nitrogens with two attached hydrogens (primary N) is 1. The standard InChI is InChI=1S/C6H4F3N3O2/c7-4(8)2-1-3(10)6(12(13)14)11-5(2)9/h1,4H,10H2. The molecular weight excluding hydrogens is 203 g/mol. The van der Waals surface area contributed by atoms with Crippen LogP contribution in [0.4, 0.5) is 24.7 Å². The highest BCUT2D eigenvalue weighted by molar-refractivity contribution is 5.54. The third-order valence-electron chi connectivity index (χ3n) is 1.42. The molecule has 14 heavy (non-hydrogen) atoms. The van der Waals surface area contributed by atoms with Crippen molar-refractivity contribution >= 4 is 11.5 Å². The second kappa shape index (κ2) is 3.48. The SMILES string of the molecule is Nc1cc(C(F)F)c(F)nc1[N+](=O)[O-]. The molecule has 0 aliphatic carbocycles. The van der Waals surface area contributed by atoms with Crippen LogP contribution in [-0.4, -0.2) is 9.91 Å². The molecule has 0 fully saturated rings. The maximum atomic E-state index is 12.7. The number of hydrogen-bond acceptors (Lipinski definition) is 4. The maximum Gasteiger partial charge on any atom is 0.389 e. The fourth-order valence-electron chi connectivity index (χ4n) is 0.813. The molecule has 1 aromatic rings. The van der Waals surface area contributed by atoms with Gasteiger partial charge in [0.25, 0.3) is 6.43 Å². The number of halogens is 3. The number of anilines is 1. The zero-order valence-corrected chi connectivity index (χ0v) is 6.58. The maximum absolute atomic E-state index is 12.7. The van der Waals surface area contributed by atoms with E-state index in [1.54, 1.807) is 0 Å². The fourth-order valence-corrected chi connectivity index (χ4v) is 0.813. The lowest BCUT2D eigenvalue weighted by Gasteiger charge is -2.00. The fraction of sp³-hybridized carbons (Fsp3) is 0.167. The summed E-state index contributed by atoms with van der Waals surface area (Å²) in [6.07, 6.45) is -3.11. The molecule has 1 rings (SSSR count). The van der Waals surface area contributed by atoms with E-state index >= 15 is 0 Å². The number of pyridine rings is 1. The summed E-state index contributed by atoms with van der Waals surface area (Å²) in [6, 6.07) is 0.505. The summed E-state index contributed by atoms with van der Waals surface area (Å²) in [5, 5.41) is 10.2. The van der Waals surface area contributed by atoms with Crippen LogP contribution < -0.4 is 5.73 Å². The Morgan fingerprint density at radius 3 is 2.57 bits per heavy atom. The normalized spacial score (nSPS) is 10.6. The van der Waals surface area contributed by atoms with Gasteiger partial charge in [-0.25, -0.2) is 8.78 Å². The van der Waals surface area contributed by atoms with E-state index in [4.69, 9.17) is 5.73 Å². The zero-order valence-electron chi connectivity index (χ0n) is 6.58. The number of hydrogen-bond donors (Lipinski definition) is 1. The molecule has 0 radical (unpaired) electrons. The highest BCUT2D eigenvalue weighted by atomic mass is 19.3. The van der Waals surface area contributed by atoms with E-state index in [1.165, 1.54) is 0 Å². The lowest BCUT2D eigenvalue weighted by Crippen LogP contribution is -2.04. The molecule has 0 saturated heterocycles. The summed E-state index contributed by atoms with van der Waals surface area (Å²) in [5.74, 6) is -2.55. The van der Waals surface area contributed by atoms with Crippen LogP contribution in [0.25, 0.3) is 0 Å². The Hall–Kier alpha value is -1.86. The molecule has 0 atom stereocenters. The molecule has 0 amide bonds. The number of nitrogen functional groups attached to an aromatic ring is 1. The van der Waals surface area contributed by atoms with Crippen molar-refractivity contribution in [3.05, 3.63) is 27.7 Å². The van der Waals surface area contributed by atoms with Crippen molar-refractivity contribution in [1.82, 2.24) is 4.98 Å². The second-order valence-corrected chi connectivity index (χ2v) is 2.34. The number of aromatic nitrogens is 1. The predicted octanol–water partition coefficient (Wildman–Crippen LogP) is 1.65. The van der Waals surface area contributed by atoms with Gasteiger partial charge in [0.15, 0.2) is 0 Å². The van der Waals surface area contributed by atoms with Gasteiger partial charge < -0.3 is 15.8 Å². The summed E-state index contributed by atoms with van der Waals surface area (Å²) in [7, 11) is 0. The van der Waals surface area contributed by atoms with Crippen LogP contribution in [0, 0.1) is 16.1 Å². The van der Waals surface area contributed by atoms with Crippen LogP contribution in [0.3, 0.4) is 0 Å². The molecular formula is C6H4F3N3O2. The van der Waals surface area contributed by atoms with Gasteiger partial charge in [-0.3, -0.25) is 0 Å². The Kier molecular flexibility index (Phi) is 2.54. The molecule has 0 aliphatic heterocycles. The molecule has 0 unspecified atom stereocenters.